The molecule has 1 aliphatic heterocycles. The van der Waals surface area contributed by atoms with E-state index in [9.17, 15) is 31.9 Å². The van der Waals surface area contributed by atoms with Gasteiger partial charge in [-0.2, -0.15) is 10.1 Å². The van der Waals surface area contributed by atoms with E-state index in [2.05, 4.69) is 5.10 Å². The van der Waals surface area contributed by atoms with Gasteiger partial charge in [-0.15, -0.1) is 0 Å². The molecule has 1 N–H and O–H groups in total. The maximum atomic E-state index is 14.1. The molecule has 0 saturated carbocycles. The summed E-state index contributed by atoms with van der Waals surface area (Å²) in [7, 11) is 2.56. The van der Waals surface area contributed by atoms with Crippen molar-refractivity contribution >= 4 is 23.4 Å². The normalized spacial score (nSPS) is 15.1. The Kier molecular flexibility index (Phi) is 5.38. The standard InChI is InChI=1S/C19H13F5N2O4/c1-7-9(4-8-5-10(29-2)18(27)11(6-8)30-3)19(28)26(25-7)17-15(23)13(21)12(20)14(22)16(17)24/h4-6,27H,1-3H3/b9-4+. The lowest BCUT2D eigenvalue weighted by Crippen LogP contribution is -2.25. The summed E-state index contributed by atoms with van der Waals surface area (Å²) in [5.41, 5.74) is -1.44. The zero-order valence-corrected chi connectivity index (χ0v) is 15.7. The molecule has 1 aliphatic rings. The Morgan fingerprint density at radius 2 is 1.40 bits per heavy atom. The van der Waals surface area contributed by atoms with Crippen molar-refractivity contribution in [1.29, 1.82) is 0 Å². The Hall–Kier alpha value is -3.63. The molecule has 0 atom stereocenters. The highest BCUT2D eigenvalue weighted by atomic mass is 19.2. The smallest absolute Gasteiger partial charge is 0.280 e. The highest BCUT2D eigenvalue weighted by Gasteiger charge is 2.37. The van der Waals surface area contributed by atoms with E-state index >= 15 is 0 Å². The van der Waals surface area contributed by atoms with E-state index in [0.29, 0.717) is 0 Å². The van der Waals surface area contributed by atoms with Gasteiger partial charge in [0, 0.05) is 0 Å². The summed E-state index contributed by atoms with van der Waals surface area (Å²) in [5.74, 6) is -12.5. The number of carbonyl (C=O) groups excluding carboxylic acids is 1. The molecule has 0 bridgehead atoms. The van der Waals surface area contributed by atoms with Crippen molar-refractivity contribution in [3.05, 3.63) is 52.4 Å². The van der Waals surface area contributed by atoms with Crippen molar-refractivity contribution in [1.82, 2.24) is 0 Å². The summed E-state index contributed by atoms with van der Waals surface area (Å²) in [6.07, 6.45) is 1.23. The maximum Gasteiger partial charge on any atom is 0.280 e. The number of anilines is 1. The van der Waals surface area contributed by atoms with Crippen molar-refractivity contribution in [2.45, 2.75) is 6.92 Å². The van der Waals surface area contributed by atoms with Gasteiger partial charge in [-0.3, -0.25) is 4.79 Å². The number of halogens is 5. The molecule has 2 aromatic rings. The van der Waals surface area contributed by atoms with Crippen LogP contribution >= 0.6 is 0 Å². The first-order valence-corrected chi connectivity index (χ1v) is 8.20. The number of ether oxygens (including phenoxy) is 2. The number of carbonyl (C=O) groups is 1. The first-order valence-electron chi connectivity index (χ1n) is 8.20. The largest absolute Gasteiger partial charge is 0.502 e. The summed E-state index contributed by atoms with van der Waals surface area (Å²) in [6.45, 7) is 1.31. The van der Waals surface area contributed by atoms with Gasteiger partial charge in [0.05, 0.1) is 25.5 Å². The average Bonchev–Trinajstić information content (AvgIpc) is 3.00. The molecule has 2 aromatic carbocycles. The van der Waals surface area contributed by atoms with Crippen LogP contribution in [0.2, 0.25) is 0 Å². The number of phenols is 1. The summed E-state index contributed by atoms with van der Waals surface area (Å²) >= 11 is 0. The van der Waals surface area contributed by atoms with Gasteiger partial charge < -0.3 is 14.6 Å². The van der Waals surface area contributed by atoms with E-state index < -0.39 is 40.7 Å². The fourth-order valence-corrected chi connectivity index (χ4v) is 2.78. The molecular weight excluding hydrogens is 415 g/mol. The van der Waals surface area contributed by atoms with Gasteiger partial charge in [0.25, 0.3) is 5.91 Å². The van der Waals surface area contributed by atoms with Gasteiger partial charge >= 0.3 is 0 Å². The Bertz CT molecular complexity index is 1080. The topological polar surface area (TPSA) is 71.4 Å². The van der Waals surface area contributed by atoms with Crippen molar-refractivity contribution < 1.29 is 41.3 Å². The van der Waals surface area contributed by atoms with E-state index in [-0.39, 0.29) is 39.1 Å². The molecule has 11 heteroatoms. The molecular formula is C19H13F5N2O4. The lowest BCUT2D eigenvalue weighted by molar-refractivity contribution is -0.114. The van der Waals surface area contributed by atoms with Crippen LogP contribution in [0.5, 0.6) is 17.2 Å². The number of hydrogen-bond acceptors (Lipinski definition) is 5. The Morgan fingerprint density at radius 3 is 1.87 bits per heavy atom. The molecule has 30 heavy (non-hydrogen) atoms. The first-order chi connectivity index (χ1) is 14.1. The van der Waals surface area contributed by atoms with Gasteiger partial charge in [0.1, 0.15) is 5.69 Å². The van der Waals surface area contributed by atoms with Crippen LogP contribution in [-0.4, -0.2) is 30.9 Å². The number of hydrogen-bond donors (Lipinski definition) is 1. The van der Waals surface area contributed by atoms with Crippen LogP contribution in [-0.2, 0) is 4.79 Å². The fraction of sp³-hybridized carbons (Fsp3) is 0.158. The van der Waals surface area contributed by atoms with Gasteiger partial charge in [0.15, 0.2) is 34.8 Å². The molecule has 0 saturated heterocycles. The third-order valence-electron chi connectivity index (χ3n) is 4.27. The fourth-order valence-electron chi connectivity index (χ4n) is 2.78. The predicted molar refractivity (Wildman–Crippen MR) is 96.0 cm³/mol. The Labute approximate surface area is 166 Å². The molecule has 158 valence electrons. The second-order valence-corrected chi connectivity index (χ2v) is 6.05. The summed E-state index contributed by atoms with van der Waals surface area (Å²) in [6, 6.07) is 2.68. The van der Waals surface area contributed by atoms with Crippen molar-refractivity contribution in [2.24, 2.45) is 5.10 Å². The number of hydrazone groups is 1. The van der Waals surface area contributed by atoms with Crippen LogP contribution < -0.4 is 14.5 Å². The van der Waals surface area contributed by atoms with E-state index in [1.54, 1.807) is 0 Å². The van der Waals surface area contributed by atoms with E-state index in [1.165, 1.54) is 39.4 Å². The van der Waals surface area contributed by atoms with Crippen LogP contribution in [0.1, 0.15) is 12.5 Å². The summed E-state index contributed by atoms with van der Waals surface area (Å²) in [4.78, 5) is 12.7. The van der Waals surface area contributed by atoms with Crippen LogP contribution in [0.15, 0.2) is 22.8 Å². The van der Waals surface area contributed by atoms with Crippen molar-refractivity contribution in [3.63, 3.8) is 0 Å². The molecule has 6 nitrogen and oxygen atoms in total. The lowest BCUT2D eigenvalue weighted by atomic mass is 10.1. The quantitative estimate of drug-likeness (QED) is 0.347. The molecule has 3 rings (SSSR count). The van der Waals surface area contributed by atoms with Crippen molar-refractivity contribution in [2.75, 3.05) is 19.2 Å². The highest BCUT2D eigenvalue weighted by Crippen LogP contribution is 2.38. The maximum absolute atomic E-state index is 14.1. The van der Waals surface area contributed by atoms with Crippen LogP contribution in [0.25, 0.3) is 6.08 Å². The minimum Gasteiger partial charge on any atom is -0.502 e. The number of benzene rings is 2. The van der Waals surface area contributed by atoms with Crippen LogP contribution in [0.3, 0.4) is 0 Å². The average molecular weight is 428 g/mol. The number of methoxy groups -OCH3 is 2. The summed E-state index contributed by atoms with van der Waals surface area (Å²) in [5, 5.41) is 13.7. The first kappa shape index (κ1) is 21.1. The zero-order chi connectivity index (χ0) is 22.3. The van der Waals surface area contributed by atoms with E-state index in [0.717, 1.165) is 0 Å². The second kappa shape index (κ2) is 7.65. The number of aromatic hydroxyl groups is 1. The van der Waals surface area contributed by atoms with Gasteiger partial charge in [0.2, 0.25) is 11.6 Å². The monoisotopic (exact) mass is 428 g/mol. The van der Waals surface area contributed by atoms with Gasteiger partial charge in [-0.1, -0.05) is 0 Å². The molecule has 0 aliphatic carbocycles. The summed E-state index contributed by atoms with van der Waals surface area (Å²) < 4.78 is 78.5. The molecule has 0 spiro atoms. The van der Waals surface area contributed by atoms with Crippen molar-refractivity contribution in [3.8, 4) is 17.2 Å². The van der Waals surface area contributed by atoms with Gasteiger partial charge in [-0.05, 0) is 30.7 Å². The molecule has 1 amide bonds. The third-order valence-corrected chi connectivity index (χ3v) is 4.27. The number of rotatable bonds is 4. The van der Waals surface area contributed by atoms with E-state index in [1.807, 2.05) is 0 Å². The third kappa shape index (κ3) is 3.21. The number of amides is 1. The predicted octanol–water partition coefficient (Wildman–Crippen LogP) is 3.91. The molecule has 0 aromatic heterocycles. The SMILES string of the molecule is COc1cc(/C=C2/C(=O)N(c3c(F)c(F)c(F)c(F)c3F)N=C2C)cc(OC)c1O. The Balaban J connectivity index is 2.10. The molecule has 0 fully saturated rings. The second-order valence-electron chi connectivity index (χ2n) is 6.05. The molecule has 0 unspecified atom stereocenters. The van der Waals surface area contributed by atoms with Gasteiger partial charge in [-0.25, -0.2) is 22.0 Å². The van der Waals surface area contributed by atoms with Crippen LogP contribution in [0, 0.1) is 29.1 Å². The van der Waals surface area contributed by atoms with Crippen LogP contribution in [0.4, 0.5) is 27.6 Å². The molecule has 1 heterocycles. The minimum atomic E-state index is -2.35. The minimum absolute atomic E-state index is 0.0119. The zero-order valence-electron chi connectivity index (χ0n) is 15.7. The number of nitrogens with zero attached hydrogens (tertiary/aromatic N) is 2. The lowest BCUT2D eigenvalue weighted by Gasteiger charge is -2.15. The highest BCUT2D eigenvalue weighted by molar-refractivity contribution is 6.32. The Morgan fingerprint density at radius 1 is 0.933 bits per heavy atom. The molecule has 0 radical (unpaired) electrons. The number of phenolic OH excluding ortho intramolecular Hbond substituents is 1. The van der Waals surface area contributed by atoms with E-state index in [4.69, 9.17) is 9.47 Å².